The van der Waals surface area contributed by atoms with Gasteiger partial charge in [0.2, 0.25) is 0 Å². The number of halogens is 1. The number of rotatable bonds is 8. The molecule has 6 nitrogen and oxygen atoms in total. The SMILES string of the molecule is CCNC(=NCc1nc(C(C)C)cs1)NCCNC(=O)c1ccc(Cl)cc1. The summed E-state index contributed by atoms with van der Waals surface area (Å²) in [5.41, 5.74) is 1.69. The Balaban J connectivity index is 1.79. The molecule has 1 heterocycles. The quantitative estimate of drug-likeness (QED) is 0.356. The summed E-state index contributed by atoms with van der Waals surface area (Å²) in [5.74, 6) is 1.01. The first kappa shape index (κ1) is 21.2. The number of guanidine groups is 1. The molecule has 0 bridgehead atoms. The topological polar surface area (TPSA) is 78.4 Å². The van der Waals surface area contributed by atoms with E-state index in [4.69, 9.17) is 11.6 Å². The molecule has 1 aromatic heterocycles. The van der Waals surface area contributed by atoms with E-state index >= 15 is 0 Å². The number of hydrogen-bond acceptors (Lipinski definition) is 4. The Morgan fingerprint density at radius 2 is 1.89 bits per heavy atom. The number of nitrogens with zero attached hydrogens (tertiary/aromatic N) is 2. The molecule has 2 rings (SSSR count). The lowest BCUT2D eigenvalue weighted by atomic mass is 10.2. The number of aromatic nitrogens is 1. The Kier molecular flexibility index (Phi) is 8.54. The smallest absolute Gasteiger partial charge is 0.251 e. The summed E-state index contributed by atoms with van der Waals surface area (Å²) in [6.45, 7) is 8.63. The molecular weight excluding hydrogens is 382 g/mol. The van der Waals surface area contributed by atoms with Crippen LogP contribution in [0.1, 0.15) is 47.7 Å². The van der Waals surface area contributed by atoms with Gasteiger partial charge in [-0.2, -0.15) is 0 Å². The van der Waals surface area contributed by atoms with Gasteiger partial charge in [0.25, 0.3) is 5.91 Å². The third kappa shape index (κ3) is 7.19. The molecule has 0 fully saturated rings. The highest BCUT2D eigenvalue weighted by molar-refractivity contribution is 7.09. The fraction of sp³-hybridized carbons (Fsp3) is 0.421. The number of carbonyl (C=O) groups is 1. The average Bonchev–Trinajstić information content (AvgIpc) is 3.13. The molecule has 0 aliphatic carbocycles. The molecule has 0 spiro atoms. The maximum Gasteiger partial charge on any atom is 0.251 e. The molecular formula is C19H26ClN5OS. The van der Waals surface area contributed by atoms with Gasteiger partial charge >= 0.3 is 0 Å². The Bertz CT molecular complexity index is 758. The van der Waals surface area contributed by atoms with E-state index in [0.29, 0.717) is 42.1 Å². The number of benzene rings is 1. The summed E-state index contributed by atoms with van der Waals surface area (Å²) in [6.07, 6.45) is 0. The third-order valence-corrected chi connectivity index (χ3v) is 4.79. The lowest BCUT2D eigenvalue weighted by molar-refractivity contribution is 0.0954. The zero-order valence-electron chi connectivity index (χ0n) is 15.9. The normalized spacial score (nSPS) is 11.5. The van der Waals surface area contributed by atoms with Crippen molar-refractivity contribution in [2.45, 2.75) is 33.2 Å². The molecule has 0 aliphatic heterocycles. The minimum absolute atomic E-state index is 0.126. The summed E-state index contributed by atoms with van der Waals surface area (Å²) in [4.78, 5) is 21.2. The number of hydrogen-bond donors (Lipinski definition) is 3. The van der Waals surface area contributed by atoms with Gasteiger partial charge in [0, 0.05) is 35.6 Å². The molecule has 3 N–H and O–H groups in total. The molecule has 0 aliphatic rings. The fourth-order valence-electron chi connectivity index (χ4n) is 2.21. The number of aliphatic imine (C=N–C) groups is 1. The van der Waals surface area contributed by atoms with E-state index in [1.165, 1.54) is 0 Å². The predicted molar refractivity (Wildman–Crippen MR) is 113 cm³/mol. The summed E-state index contributed by atoms with van der Waals surface area (Å²) >= 11 is 7.46. The van der Waals surface area contributed by atoms with Crippen LogP contribution in [-0.2, 0) is 6.54 Å². The first-order valence-corrected chi connectivity index (χ1v) is 10.3. The van der Waals surface area contributed by atoms with Gasteiger partial charge in [0.15, 0.2) is 5.96 Å². The van der Waals surface area contributed by atoms with Gasteiger partial charge in [-0.15, -0.1) is 11.3 Å². The highest BCUT2D eigenvalue weighted by atomic mass is 35.5. The van der Waals surface area contributed by atoms with E-state index in [9.17, 15) is 4.79 Å². The van der Waals surface area contributed by atoms with Crippen molar-refractivity contribution in [2.75, 3.05) is 19.6 Å². The molecule has 146 valence electrons. The summed E-state index contributed by atoms with van der Waals surface area (Å²) in [5, 5.41) is 13.0. The highest BCUT2D eigenvalue weighted by Gasteiger charge is 2.06. The predicted octanol–water partition coefficient (Wildman–Crippen LogP) is 3.41. The lowest BCUT2D eigenvalue weighted by Crippen LogP contribution is -2.41. The Labute approximate surface area is 169 Å². The van der Waals surface area contributed by atoms with Crippen LogP contribution in [-0.4, -0.2) is 36.5 Å². The van der Waals surface area contributed by atoms with Crippen LogP contribution in [0.5, 0.6) is 0 Å². The van der Waals surface area contributed by atoms with E-state index in [-0.39, 0.29) is 5.91 Å². The molecule has 0 atom stereocenters. The van der Waals surface area contributed by atoms with Crippen molar-refractivity contribution in [3.8, 4) is 0 Å². The highest BCUT2D eigenvalue weighted by Crippen LogP contribution is 2.18. The molecule has 1 aromatic carbocycles. The maximum absolute atomic E-state index is 12.1. The minimum atomic E-state index is -0.126. The third-order valence-electron chi connectivity index (χ3n) is 3.69. The van der Waals surface area contributed by atoms with Crippen molar-refractivity contribution in [3.05, 3.63) is 50.9 Å². The van der Waals surface area contributed by atoms with Crippen LogP contribution < -0.4 is 16.0 Å². The second-order valence-corrected chi connectivity index (χ2v) is 7.58. The van der Waals surface area contributed by atoms with Crippen LogP contribution in [0.2, 0.25) is 5.02 Å². The summed E-state index contributed by atoms with van der Waals surface area (Å²) < 4.78 is 0. The van der Waals surface area contributed by atoms with E-state index in [1.807, 2.05) is 6.92 Å². The van der Waals surface area contributed by atoms with Crippen LogP contribution in [0.15, 0.2) is 34.6 Å². The molecule has 2 aromatic rings. The lowest BCUT2D eigenvalue weighted by Gasteiger charge is -2.11. The minimum Gasteiger partial charge on any atom is -0.357 e. The van der Waals surface area contributed by atoms with Crippen LogP contribution >= 0.6 is 22.9 Å². The van der Waals surface area contributed by atoms with Gasteiger partial charge in [0.1, 0.15) is 5.01 Å². The first-order chi connectivity index (χ1) is 13.0. The second kappa shape index (κ2) is 10.9. The first-order valence-electron chi connectivity index (χ1n) is 8.99. The number of thiazole rings is 1. The van der Waals surface area contributed by atoms with E-state index in [1.54, 1.807) is 35.6 Å². The van der Waals surface area contributed by atoms with Gasteiger partial charge in [-0.05, 0) is 37.1 Å². The molecule has 8 heteroatoms. The van der Waals surface area contributed by atoms with Crippen molar-refractivity contribution < 1.29 is 4.79 Å². The van der Waals surface area contributed by atoms with E-state index in [0.717, 1.165) is 17.2 Å². The van der Waals surface area contributed by atoms with Gasteiger partial charge in [-0.3, -0.25) is 4.79 Å². The average molecular weight is 408 g/mol. The van der Waals surface area contributed by atoms with Crippen molar-refractivity contribution in [1.82, 2.24) is 20.9 Å². The van der Waals surface area contributed by atoms with Crippen molar-refractivity contribution >= 4 is 34.8 Å². The second-order valence-electron chi connectivity index (χ2n) is 6.21. The summed E-state index contributed by atoms with van der Waals surface area (Å²) in [6, 6.07) is 6.81. The molecule has 27 heavy (non-hydrogen) atoms. The van der Waals surface area contributed by atoms with Crippen molar-refractivity contribution in [1.29, 1.82) is 0 Å². The largest absolute Gasteiger partial charge is 0.357 e. The molecule has 0 saturated carbocycles. The van der Waals surface area contributed by atoms with Crippen LogP contribution in [0.4, 0.5) is 0 Å². The number of amides is 1. The van der Waals surface area contributed by atoms with Crippen molar-refractivity contribution in [2.24, 2.45) is 4.99 Å². The zero-order valence-corrected chi connectivity index (χ0v) is 17.5. The fourth-order valence-corrected chi connectivity index (χ4v) is 3.22. The standard InChI is InChI=1S/C19H26ClN5OS/c1-4-21-19(24-11-17-25-16(12-27-17)13(2)3)23-10-9-22-18(26)14-5-7-15(20)8-6-14/h5-8,12-13H,4,9-11H2,1-3H3,(H,22,26)(H2,21,23,24). The van der Waals surface area contributed by atoms with Crippen molar-refractivity contribution in [3.63, 3.8) is 0 Å². The van der Waals surface area contributed by atoms with Gasteiger partial charge in [-0.25, -0.2) is 9.98 Å². The monoisotopic (exact) mass is 407 g/mol. The Morgan fingerprint density at radius 3 is 2.52 bits per heavy atom. The Morgan fingerprint density at radius 1 is 1.19 bits per heavy atom. The van der Waals surface area contributed by atoms with Gasteiger partial charge in [-0.1, -0.05) is 25.4 Å². The van der Waals surface area contributed by atoms with E-state index < -0.39 is 0 Å². The summed E-state index contributed by atoms with van der Waals surface area (Å²) in [7, 11) is 0. The zero-order chi connectivity index (χ0) is 19.6. The molecule has 0 radical (unpaired) electrons. The van der Waals surface area contributed by atoms with Gasteiger partial charge in [0.05, 0.1) is 12.2 Å². The molecule has 0 unspecified atom stereocenters. The van der Waals surface area contributed by atoms with E-state index in [2.05, 4.69) is 45.2 Å². The van der Waals surface area contributed by atoms with Crippen LogP contribution in [0, 0.1) is 0 Å². The number of nitrogens with one attached hydrogen (secondary N) is 3. The Hall–Kier alpha value is -2.12. The van der Waals surface area contributed by atoms with Crippen LogP contribution in [0.25, 0.3) is 0 Å². The van der Waals surface area contributed by atoms with Crippen LogP contribution in [0.3, 0.4) is 0 Å². The van der Waals surface area contributed by atoms with Gasteiger partial charge < -0.3 is 16.0 Å². The maximum atomic E-state index is 12.1. The molecule has 1 amide bonds. The molecule has 0 saturated heterocycles. The number of carbonyl (C=O) groups excluding carboxylic acids is 1.